The molecule has 2 heterocycles. The van der Waals surface area contributed by atoms with Crippen LogP contribution in [-0.4, -0.2) is 85.6 Å². The molecule has 0 aromatic heterocycles. The molecular weight excluding hydrogens is 456 g/mol. The predicted molar refractivity (Wildman–Crippen MR) is 111 cm³/mol. The third kappa shape index (κ3) is 4.29. The SMILES string of the molecule is COc1cc(C2Oc3cc(OC4O[C@H](C(=O)O)[C@@H](O)[C@H](O)[C@H]4O)cc(O)c3CC2O)ccc1O. The first-order valence-corrected chi connectivity index (χ1v) is 10.3. The molecule has 0 amide bonds. The van der Waals surface area contributed by atoms with Crippen LogP contribution in [0, 0.1) is 0 Å². The Morgan fingerprint density at radius 2 is 1.74 bits per heavy atom. The number of aliphatic hydroxyl groups is 4. The van der Waals surface area contributed by atoms with Crippen molar-refractivity contribution in [3.63, 3.8) is 0 Å². The first-order valence-electron chi connectivity index (χ1n) is 10.3. The van der Waals surface area contributed by atoms with Crippen molar-refractivity contribution in [2.45, 2.75) is 49.3 Å². The lowest BCUT2D eigenvalue weighted by Crippen LogP contribution is -2.61. The second-order valence-corrected chi connectivity index (χ2v) is 8.01. The third-order valence-corrected chi connectivity index (χ3v) is 5.77. The maximum absolute atomic E-state index is 11.3. The molecule has 7 N–H and O–H groups in total. The molecule has 1 fully saturated rings. The van der Waals surface area contributed by atoms with Gasteiger partial charge in [-0.3, -0.25) is 0 Å². The fourth-order valence-electron chi connectivity index (χ4n) is 3.96. The molecule has 0 saturated carbocycles. The highest BCUT2D eigenvalue weighted by molar-refractivity contribution is 5.73. The van der Waals surface area contributed by atoms with Gasteiger partial charge in [0.2, 0.25) is 6.29 Å². The number of carbonyl (C=O) groups is 1. The zero-order valence-electron chi connectivity index (χ0n) is 17.8. The van der Waals surface area contributed by atoms with E-state index < -0.39 is 48.9 Å². The quantitative estimate of drug-likeness (QED) is 0.288. The van der Waals surface area contributed by atoms with Crippen molar-refractivity contribution in [2.24, 2.45) is 0 Å². The van der Waals surface area contributed by atoms with E-state index in [9.17, 15) is 40.5 Å². The molecule has 0 aliphatic carbocycles. The maximum Gasteiger partial charge on any atom is 0.335 e. The lowest BCUT2D eigenvalue weighted by molar-refractivity contribution is -0.271. The summed E-state index contributed by atoms with van der Waals surface area (Å²) in [5.74, 6) is -1.73. The average Bonchev–Trinajstić information content (AvgIpc) is 2.80. The normalized spacial score (nSPS) is 30.7. The number of hydrogen-bond acceptors (Lipinski definition) is 11. The monoisotopic (exact) mass is 480 g/mol. The highest BCUT2D eigenvalue weighted by Gasteiger charge is 2.48. The summed E-state index contributed by atoms with van der Waals surface area (Å²) in [7, 11) is 1.38. The van der Waals surface area contributed by atoms with E-state index in [1.165, 1.54) is 25.3 Å². The molecule has 0 bridgehead atoms. The Morgan fingerprint density at radius 1 is 1.00 bits per heavy atom. The van der Waals surface area contributed by atoms with E-state index in [4.69, 9.17) is 18.9 Å². The van der Waals surface area contributed by atoms with Crippen molar-refractivity contribution in [3.8, 4) is 28.7 Å². The van der Waals surface area contributed by atoms with Crippen LogP contribution in [0.2, 0.25) is 0 Å². The van der Waals surface area contributed by atoms with Gasteiger partial charge in [-0.05, 0) is 17.7 Å². The molecule has 3 unspecified atom stereocenters. The van der Waals surface area contributed by atoms with Crippen LogP contribution >= 0.6 is 0 Å². The van der Waals surface area contributed by atoms with Gasteiger partial charge in [-0.2, -0.15) is 0 Å². The minimum Gasteiger partial charge on any atom is -0.507 e. The summed E-state index contributed by atoms with van der Waals surface area (Å²) >= 11 is 0. The first-order chi connectivity index (χ1) is 16.1. The summed E-state index contributed by atoms with van der Waals surface area (Å²) in [6, 6.07) is 6.93. The molecule has 12 nitrogen and oxygen atoms in total. The molecule has 0 spiro atoms. The van der Waals surface area contributed by atoms with Crippen LogP contribution in [0.15, 0.2) is 30.3 Å². The largest absolute Gasteiger partial charge is 0.507 e. The van der Waals surface area contributed by atoms with E-state index in [0.29, 0.717) is 5.56 Å². The van der Waals surface area contributed by atoms with E-state index in [2.05, 4.69) is 0 Å². The number of carboxylic acids is 1. The summed E-state index contributed by atoms with van der Waals surface area (Å²) < 4.78 is 21.5. The van der Waals surface area contributed by atoms with Gasteiger partial charge in [0.15, 0.2) is 17.6 Å². The molecule has 0 radical (unpaired) electrons. The van der Waals surface area contributed by atoms with Crippen LogP contribution in [0.3, 0.4) is 0 Å². The van der Waals surface area contributed by atoms with Crippen molar-refractivity contribution >= 4 is 5.97 Å². The third-order valence-electron chi connectivity index (χ3n) is 5.77. The number of aliphatic carboxylic acids is 1. The Balaban J connectivity index is 1.60. The van der Waals surface area contributed by atoms with Crippen LogP contribution in [0.4, 0.5) is 0 Å². The van der Waals surface area contributed by atoms with Gasteiger partial charge in [-0.25, -0.2) is 4.79 Å². The number of fused-ring (bicyclic) bond motifs is 1. The number of ether oxygens (including phenoxy) is 4. The van der Waals surface area contributed by atoms with Crippen LogP contribution in [0.1, 0.15) is 17.2 Å². The van der Waals surface area contributed by atoms with Gasteiger partial charge in [0, 0.05) is 24.1 Å². The molecule has 184 valence electrons. The van der Waals surface area contributed by atoms with Gasteiger partial charge in [-0.15, -0.1) is 0 Å². The molecule has 2 aliphatic rings. The predicted octanol–water partition coefficient (Wildman–Crippen LogP) is -0.586. The lowest BCUT2D eigenvalue weighted by Gasteiger charge is -2.38. The lowest BCUT2D eigenvalue weighted by atomic mass is 9.94. The molecule has 34 heavy (non-hydrogen) atoms. The molecule has 2 aromatic rings. The number of aromatic hydroxyl groups is 2. The number of phenolic OH excluding ortho intramolecular Hbond substituents is 2. The van der Waals surface area contributed by atoms with Crippen LogP contribution < -0.4 is 14.2 Å². The van der Waals surface area contributed by atoms with Gasteiger partial charge in [-0.1, -0.05) is 6.07 Å². The molecule has 2 aliphatic heterocycles. The summed E-state index contributed by atoms with van der Waals surface area (Å²) in [5, 5.41) is 70.0. The minimum atomic E-state index is -1.88. The number of hydrogen-bond donors (Lipinski definition) is 7. The first kappa shape index (κ1) is 23.9. The number of benzene rings is 2. The zero-order valence-corrected chi connectivity index (χ0v) is 17.8. The molecule has 4 rings (SSSR count). The fraction of sp³-hybridized carbons (Fsp3) is 0.409. The average molecular weight is 480 g/mol. The molecule has 2 aromatic carbocycles. The summed E-state index contributed by atoms with van der Waals surface area (Å²) in [6.45, 7) is 0. The Hall–Kier alpha value is -3.29. The molecule has 1 saturated heterocycles. The van der Waals surface area contributed by atoms with E-state index in [1.54, 1.807) is 6.07 Å². The highest BCUT2D eigenvalue weighted by atomic mass is 16.7. The van der Waals surface area contributed by atoms with Crippen LogP contribution in [0.5, 0.6) is 28.7 Å². The molecule has 12 heteroatoms. The van der Waals surface area contributed by atoms with Gasteiger partial charge >= 0.3 is 5.97 Å². The Bertz CT molecular complexity index is 1070. The number of aliphatic hydroxyl groups excluding tert-OH is 4. The van der Waals surface area contributed by atoms with E-state index in [-0.39, 0.29) is 40.7 Å². The summed E-state index contributed by atoms with van der Waals surface area (Å²) in [6.07, 6.45) is -11.0. The van der Waals surface area contributed by atoms with E-state index in [0.717, 1.165) is 6.07 Å². The fourth-order valence-corrected chi connectivity index (χ4v) is 3.96. The highest BCUT2D eigenvalue weighted by Crippen LogP contribution is 2.43. The standard InChI is InChI=1S/C22H24O12/c1-31-15-4-8(2-3-11(15)23)19-13(25)7-10-12(24)5-9(6-14(10)33-19)32-22-18(28)16(26)17(27)20(34-22)21(29)30/h2-6,13,16-20,22-28H,7H2,1H3,(H,29,30)/t13?,16-,17-,18+,19?,20-,22?/m0/s1. The summed E-state index contributed by atoms with van der Waals surface area (Å²) in [4.78, 5) is 11.3. The summed E-state index contributed by atoms with van der Waals surface area (Å²) in [5.41, 5.74) is 0.775. The van der Waals surface area contributed by atoms with Crippen LogP contribution in [0.25, 0.3) is 0 Å². The number of phenols is 2. The van der Waals surface area contributed by atoms with Crippen LogP contribution in [-0.2, 0) is 16.0 Å². The number of methoxy groups -OCH3 is 1. The van der Waals surface area contributed by atoms with E-state index >= 15 is 0 Å². The second-order valence-electron chi connectivity index (χ2n) is 8.01. The van der Waals surface area contributed by atoms with Crippen molar-refractivity contribution in [3.05, 3.63) is 41.5 Å². The maximum atomic E-state index is 11.3. The molecular formula is C22H24O12. The van der Waals surface area contributed by atoms with Crippen molar-refractivity contribution in [1.29, 1.82) is 0 Å². The van der Waals surface area contributed by atoms with Gasteiger partial charge in [0.1, 0.15) is 41.7 Å². The zero-order chi connectivity index (χ0) is 24.7. The van der Waals surface area contributed by atoms with Crippen molar-refractivity contribution in [1.82, 2.24) is 0 Å². The Morgan fingerprint density at radius 3 is 2.41 bits per heavy atom. The van der Waals surface area contributed by atoms with Gasteiger partial charge in [0.05, 0.1) is 13.2 Å². The minimum absolute atomic E-state index is 0.0177. The molecule has 7 atom stereocenters. The van der Waals surface area contributed by atoms with Gasteiger partial charge < -0.3 is 54.7 Å². The Kier molecular flexibility index (Phi) is 6.43. The van der Waals surface area contributed by atoms with Crippen molar-refractivity contribution < 1.29 is 59.5 Å². The number of rotatable bonds is 5. The van der Waals surface area contributed by atoms with Crippen molar-refractivity contribution in [2.75, 3.05) is 7.11 Å². The second kappa shape index (κ2) is 9.16. The number of carboxylic acid groups (broad SMARTS) is 1. The Labute approximate surface area is 192 Å². The smallest absolute Gasteiger partial charge is 0.335 e. The van der Waals surface area contributed by atoms with E-state index in [1.807, 2.05) is 0 Å². The topological polar surface area (TPSA) is 196 Å². The van der Waals surface area contributed by atoms with Gasteiger partial charge in [0.25, 0.3) is 0 Å².